The summed E-state index contributed by atoms with van der Waals surface area (Å²) in [4.78, 5) is 11.0. The van der Waals surface area contributed by atoms with Crippen LogP contribution in [0.2, 0.25) is 0 Å². The Morgan fingerprint density at radius 1 is 0.549 bits per heavy atom. The summed E-state index contributed by atoms with van der Waals surface area (Å²) in [7, 11) is 0. The summed E-state index contributed by atoms with van der Waals surface area (Å²) >= 11 is 0. The number of benzene rings is 6. The molecule has 1 aliphatic rings. The molecule has 0 atom stereocenters. The molecule has 6 aromatic carbocycles. The van der Waals surface area contributed by atoms with E-state index >= 15 is 0 Å². The number of aromatic nitrogens is 3. The Bertz CT molecular complexity index is 2880. The van der Waals surface area contributed by atoms with Crippen LogP contribution >= 0.6 is 0 Å². The van der Waals surface area contributed by atoms with Gasteiger partial charge in [0.2, 0.25) is 0 Å². The van der Waals surface area contributed by atoms with Gasteiger partial charge in [0.1, 0.15) is 22.7 Å². The molecule has 0 radical (unpaired) electrons. The van der Waals surface area contributed by atoms with Gasteiger partial charge in [-0.05, 0) is 52.3 Å². The van der Waals surface area contributed by atoms with Gasteiger partial charge in [-0.3, -0.25) is 4.57 Å². The van der Waals surface area contributed by atoms with Crippen molar-refractivity contribution in [1.82, 2.24) is 14.5 Å². The third-order valence-electron chi connectivity index (χ3n) is 11.6. The topological polar surface area (TPSA) is 64.1 Å². The van der Waals surface area contributed by atoms with Crippen LogP contribution < -0.4 is 0 Å². The molecule has 0 saturated carbocycles. The summed E-state index contributed by atoms with van der Waals surface area (Å²) in [5, 5.41) is 15.8. The Morgan fingerprint density at radius 2 is 1.24 bits per heavy atom. The van der Waals surface area contributed by atoms with Crippen molar-refractivity contribution in [2.45, 2.75) is 38.5 Å². The largest absolute Gasteiger partial charge is 0.507 e. The number of furan rings is 1. The molecule has 1 N–H and O–H groups in total. The van der Waals surface area contributed by atoms with E-state index in [0.717, 1.165) is 55.4 Å². The number of para-hydroxylation sites is 3. The van der Waals surface area contributed by atoms with Gasteiger partial charge in [0, 0.05) is 44.5 Å². The van der Waals surface area contributed by atoms with Gasteiger partial charge in [-0.15, -0.1) is 0 Å². The average Bonchev–Trinajstić information content (AvgIpc) is 3.71. The zero-order valence-electron chi connectivity index (χ0n) is 28.9. The summed E-state index contributed by atoms with van der Waals surface area (Å²) in [6.45, 7) is 9.43. The zero-order chi connectivity index (χ0) is 34.6. The second kappa shape index (κ2) is 10.4. The Kier molecular flexibility index (Phi) is 6.06. The fourth-order valence-electron chi connectivity index (χ4n) is 8.43. The molecule has 246 valence electrons. The number of phenolic OH excluding ortho intramolecular Hbond substituents is 1. The van der Waals surface area contributed by atoms with E-state index in [0.29, 0.717) is 17.0 Å². The number of nitrogens with zero attached hydrogens (tertiary/aromatic N) is 3. The van der Waals surface area contributed by atoms with E-state index in [1.54, 1.807) is 6.07 Å². The Morgan fingerprint density at radius 3 is 2.06 bits per heavy atom. The van der Waals surface area contributed by atoms with Gasteiger partial charge >= 0.3 is 0 Å². The predicted octanol–water partition coefficient (Wildman–Crippen LogP) is 11.7. The number of rotatable bonds is 3. The maximum Gasteiger partial charge on any atom is 0.149 e. The number of hydrogen-bond acceptors (Lipinski definition) is 4. The van der Waals surface area contributed by atoms with Crippen LogP contribution in [0.3, 0.4) is 0 Å². The Hall–Kier alpha value is -6.20. The average molecular weight is 662 g/mol. The van der Waals surface area contributed by atoms with Gasteiger partial charge in [0.15, 0.2) is 0 Å². The summed E-state index contributed by atoms with van der Waals surface area (Å²) < 4.78 is 8.26. The van der Waals surface area contributed by atoms with Crippen molar-refractivity contribution in [2.24, 2.45) is 0 Å². The molecular formula is C46H35N3O2. The highest BCUT2D eigenvalue weighted by molar-refractivity contribution is 6.09. The predicted molar refractivity (Wildman–Crippen MR) is 208 cm³/mol. The second-order valence-electron chi connectivity index (χ2n) is 14.8. The van der Waals surface area contributed by atoms with Crippen LogP contribution in [0, 0.1) is 0 Å². The molecule has 3 aromatic heterocycles. The molecular weight excluding hydrogens is 627 g/mol. The number of phenols is 1. The van der Waals surface area contributed by atoms with E-state index in [4.69, 9.17) is 14.4 Å². The first-order chi connectivity index (χ1) is 24.7. The van der Waals surface area contributed by atoms with Crippen LogP contribution in [0.1, 0.15) is 38.8 Å². The lowest BCUT2D eigenvalue weighted by molar-refractivity contribution is 0.300. The quantitative estimate of drug-likeness (QED) is 0.205. The van der Waals surface area contributed by atoms with Gasteiger partial charge in [0.05, 0.1) is 28.0 Å². The van der Waals surface area contributed by atoms with E-state index in [-0.39, 0.29) is 16.6 Å². The summed E-state index contributed by atoms with van der Waals surface area (Å²) in [5.74, 6) is 0.748. The first-order valence-electron chi connectivity index (χ1n) is 17.5. The smallest absolute Gasteiger partial charge is 0.149 e. The molecule has 0 fully saturated rings. The SMILES string of the molecule is CC1(C)c2ccccc2-c2nc(-c3cccc4c3nc(-c3cc5c(cc3O)oc3ccccc35)n4-c3ccccc3)c3ccccc3c2C1(C)C. The first-order valence-corrected chi connectivity index (χ1v) is 17.5. The van der Waals surface area contributed by atoms with Crippen molar-refractivity contribution in [1.29, 1.82) is 0 Å². The molecule has 3 heterocycles. The van der Waals surface area contributed by atoms with Crippen LogP contribution in [0.25, 0.3) is 83.3 Å². The molecule has 0 bridgehead atoms. The maximum atomic E-state index is 11.6. The fraction of sp³-hybridized carbons (Fsp3) is 0.130. The zero-order valence-corrected chi connectivity index (χ0v) is 28.9. The van der Waals surface area contributed by atoms with E-state index in [2.05, 4.69) is 111 Å². The van der Waals surface area contributed by atoms with Crippen molar-refractivity contribution in [2.75, 3.05) is 0 Å². The Balaban J connectivity index is 1.30. The fourth-order valence-corrected chi connectivity index (χ4v) is 8.43. The summed E-state index contributed by atoms with van der Waals surface area (Å²) in [6.07, 6.45) is 0. The molecule has 9 aromatic rings. The molecule has 51 heavy (non-hydrogen) atoms. The molecule has 10 rings (SSSR count). The number of hydrogen-bond donors (Lipinski definition) is 1. The molecule has 0 spiro atoms. The van der Waals surface area contributed by atoms with Crippen molar-refractivity contribution >= 4 is 43.7 Å². The van der Waals surface area contributed by atoms with E-state index < -0.39 is 0 Å². The van der Waals surface area contributed by atoms with Crippen molar-refractivity contribution in [3.63, 3.8) is 0 Å². The van der Waals surface area contributed by atoms with Gasteiger partial charge in [0.25, 0.3) is 0 Å². The minimum atomic E-state index is -0.191. The number of imidazole rings is 1. The van der Waals surface area contributed by atoms with Crippen LogP contribution in [0.15, 0.2) is 138 Å². The van der Waals surface area contributed by atoms with Crippen molar-refractivity contribution in [3.05, 3.63) is 145 Å². The van der Waals surface area contributed by atoms with E-state index in [1.165, 1.54) is 22.1 Å². The van der Waals surface area contributed by atoms with Crippen LogP contribution in [0.4, 0.5) is 0 Å². The molecule has 0 unspecified atom stereocenters. The van der Waals surface area contributed by atoms with Gasteiger partial charge in [-0.1, -0.05) is 125 Å². The highest BCUT2D eigenvalue weighted by Gasteiger charge is 2.47. The number of aromatic hydroxyl groups is 1. The van der Waals surface area contributed by atoms with Gasteiger partial charge < -0.3 is 9.52 Å². The van der Waals surface area contributed by atoms with E-state index in [1.807, 2.05) is 48.5 Å². The lowest BCUT2D eigenvalue weighted by Crippen LogP contribution is -2.44. The van der Waals surface area contributed by atoms with Crippen molar-refractivity contribution in [3.8, 4) is 45.3 Å². The lowest BCUT2D eigenvalue weighted by atomic mass is 9.55. The number of fused-ring (bicyclic) bond motifs is 9. The van der Waals surface area contributed by atoms with Gasteiger partial charge in [-0.25, -0.2) is 9.97 Å². The Labute approximate surface area is 295 Å². The molecule has 0 amide bonds. The van der Waals surface area contributed by atoms with E-state index in [9.17, 15) is 5.11 Å². The lowest BCUT2D eigenvalue weighted by Gasteiger charge is -2.48. The molecule has 5 heteroatoms. The third-order valence-corrected chi connectivity index (χ3v) is 11.6. The highest BCUT2D eigenvalue weighted by Crippen LogP contribution is 2.56. The molecule has 1 aliphatic carbocycles. The molecule has 5 nitrogen and oxygen atoms in total. The van der Waals surface area contributed by atoms with Crippen LogP contribution in [-0.2, 0) is 10.8 Å². The molecule has 0 saturated heterocycles. The number of pyridine rings is 1. The van der Waals surface area contributed by atoms with Crippen molar-refractivity contribution < 1.29 is 9.52 Å². The third kappa shape index (κ3) is 4.03. The molecule has 0 aliphatic heterocycles. The summed E-state index contributed by atoms with van der Waals surface area (Å²) in [6, 6.07) is 45.7. The minimum Gasteiger partial charge on any atom is -0.507 e. The standard InChI is InChI=1S/C46H35N3O2/c1-45(2)35-22-12-10-20-31(35)43-40(46(45,3)4)29-18-8-9-19-30(29)41(47-43)32-21-14-23-36-42(32)48-44(49(36)27-15-6-5-7-16-27)34-25-33-28-17-11-13-24-38(28)51-39(33)26-37(34)50/h5-26,50H,1-4H3. The monoisotopic (exact) mass is 661 g/mol. The van der Waals surface area contributed by atoms with Crippen LogP contribution in [0.5, 0.6) is 5.75 Å². The normalized spacial score (nSPS) is 14.7. The first kappa shape index (κ1) is 29.7. The maximum absolute atomic E-state index is 11.6. The van der Waals surface area contributed by atoms with Gasteiger partial charge in [-0.2, -0.15) is 0 Å². The second-order valence-corrected chi connectivity index (χ2v) is 14.8. The van der Waals surface area contributed by atoms with Crippen LogP contribution in [-0.4, -0.2) is 19.6 Å². The minimum absolute atomic E-state index is 0.106. The summed E-state index contributed by atoms with van der Waals surface area (Å²) in [5.41, 5.74) is 11.0. The highest BCUT2D eigenvalue weighted by atomic mass is 16.3.